The summed E-state index contributed by atoms with van der Waals surface area (Å²) in [4.78, 5) is 9.55. The summed E-state index contributed by atoms with van der Waals surface area (Å²) in [5, 5.41) is 22.4. The number of phenols is 2. The fourth-order valence-corrected chi connectivity index (χ4v) is 4.76. The Kier molecular flexibility index (Phi) is 9.79. The lowest BCUT2D eigenvalue weighted by Crippen LogP contribution is -2.17. The molecule has 0 saturated carbocycles. The number of aliphatic imine (C=N–C) groups is 2. The molecule has 0 aromatic heterocycles. The van der Waals surface area contributed by atoms with Crippen LogP contribution < -0.4 is 0 Å². The first-order valence-corrected chi connectivity index (χ1v) is 14.7. The van der Waals surface area contributed by atoms with Gasteiger partial charge in [0, 0.05) is 34.7 Å². The molecule has 0 aliphatic carbocycles. The monoisotopic (exact) mass is 553 g/mol. The molecule has 0 unspecified atom stereocenters. The molecule has 3 rings (SSSR count). The van der Waals surface area contributed by atoms with Crippen molar-refractivity contribution in [1.29, 1.82) is 0 Å². The van der Waals surface area contributed by atoms with Crippen molar-refractivity contribution in [2.24, 2.45) is 9.98 Å². The van der Waals surface area contributed by atoms with Crippen LogP contribution in [0.2, 0.25) is 0 Å². The highest BCUT2D eigenvalue weighted by Crippen LogP contribution is 2.38. The summed E-state index contributed by atoms with van der Waals surface area (Å²) in [6.07, 6.45) is 7.46. The van der Waals surface area contributed by atoms with Gasteiger partial charge in [-0.25, -0.2) is 0 Å². The van der Waals surface area contributed by atoms with Crippen LogP contribution in [0.3, 0.4) is 0 Å². The van der Waals surface area contributed by atoms with Crippen LogP contribution >= 0.6 is 0 Å². The number of hydrogen-bond acceptors (Lipinski definition) is 4. The summed E-state index contributed by atoms with van der Waals surface area (Å²) in [6, 6.07) is 16.0. The van der Waals surface area contributed by atoms with Crippen LogP contribution in [0.1, 0.15) is 115 Å². The van der Waals surface area contributed by atoms with Crippen molar-refractivity contribution in [3.63, 3.8) is 0 Å². The maximum Gasteiger partial charge on any atom is 0.128 e. The van der Waals surface area contributed by atoms with E-state index in [1.807, 2.05) is 36.4 Å². The van der Waals surface area contributed by atoms with Crippen LogP contribution in [0.15, 0.2) is 58.5 Å². The van der Waals surface area contributed by atoms with E-state index in [2.05, 4.69) is 81.4 Å². The molecular weight excluding hydrogens is 504 g/mol. The van der Waals surface area contributed by atoms with Crippen molar-refractivity contribution in [1.82, 2.24) is 0 Å². The highest BCUT2D eigenvalue weighted by Gasteiger charge is 2.25. The SMILES string of the molecule is [CH2+]CCCCc1cc(C=Nc2ccccc2N=Cc2cc(C(C)(C)C)cc(C(C)(C)C)c2O)c(O)c(C(C)(C)C)c1. The molecule has 0 heterocycles. The second kappa shape index (κ2) is 12.5. The predicted octanol–water partition coefficient (Wildman–Crippen LogP) is 10.0. The molecule has 3 aromatic carbocycles. The number of hydrogen-bond donors (Lipinski definition) is 2. The van der Waals surface area contributed by atoms with Gasteiger partial charge in [-0.2, -0.15) is 0 Å². The second-order valence-electron chi connectivity index (χ2n) is 14.1. The molecule has 0 spiro atoms. The molecule has 0 aliphatic rings. The third kappa shape index (κ3) is 8.25. The normalized spacial score (nSPS) is 13.0. The Morgan fingerprint density at radius 3 is 1.61 bits per heavy atom. The predicted molar refractivity (Wildman–Crippen MR) is 176 cm³/mol. The van der Waals surface area contributed by atoms with Gasteiger partial charge in [-0.3, -0.25) is 9.98 Å². The van der Waals surface area contributed by atoms with E-state index in [0.29, 0.717) is 22.5 Å². The quantitative estimate of drug-likeness (QED) is 0.166. The maximum absolute atomic E-state index is 11.2. The number of phenolic OH excluding ortho intramolecular Hbond substituents is 2. The van der Waals surface area contributed by atoms with E-state index in [-0.39, 0.29) is 27.7 Å². The molecule has 0 atom stereocenters. The zero-order chi connectivity index (χ0) is 30.6. The van der Waals surface area contributed by atoms with E-state index >= 15 is 0 Å². The molecule has 0 fully saturated rings. The van der Waals surface area contributed by atoms with Crippen LogP contribution in [0.5, 0.6) is 11.5 Å². The average molecular weight is 554 g/mol. The molecule has 0 aliphatic heterocycles. The van der Waals surface area contributed by atoms with Crippen molar-refractivity contribution < 1.29 is 10.2 Å². The van der Waals surface area contributed by atoms with E-state index in [1.54, 1.807) is 12.4 Å². The van der Waals surface area contributed by atoms with E-state index < -0.39 is 0 Å². The number of benzene rings is 3. The van der Waals surface area contributed by atoms with Gasteiger partial charge in [0.05, 0.1) is 24.7 Å². The van der Waals surface area contributed by atoms with Gasteiger partial charge >= 0.3 is 0 Å². The van der Waals surface area contributed by atoms with Crippen LogP contribution in [0.25, 0.3) is 0 Å². The Morgan fingerprint density at radius 2 is 1.15 bits per heavy atom. The minimum absolute atomic E-state index is 0.0750. The largest absolute Gasteiger partial charge is 0.507 e. The Balaban J connectivity index is 2.04. The fourth-order valence-electron chi connectivity index (χ4n) is 4.76. The minimum Gasteiger partial charge on any atom is -0.507 e. The zero-order valence-corrected chi connectivity index (χ0v) is 26.6. The first kappa shape index (κ1) is 32.0. The molecule has 0 radical (unpaired) electrons. The van der Waals surface area contributed by atoms with Gasteiger partial charge in [-0.1, -0.05) is 86.6 Å². The van der Waals surface area contributed by atoms with Crippen LogP contribution in [0, 0.1) is 6.92 Å². The third-order valence-corrected chi connectivity index (χ3v) is 7.35. The molecule has 4 heteroatoms. The summed E-state index contributed by atoms with van der Waals surface area (Å²) in [7, 11) is 0. The molecule has 218 valence electrons. The summed E-state index contributed by atoms with van der Waals surface area (Å²) in [5.41, 5.74) is 6.42. The topological polar surface area (TPSA) is 65.2 Å². The standard InChI is InChI=1S/C37H48N2O2/c1-11-12-13-16-25-19-26(33(40)29(20-25)36(5,6)7)23-38-31-17-14-15-18-32(31)39-24-27-21-28(35(2,3)4)22-30(34(27)41)37(8,9)10/h14-15,17-24H,1,11-13,16H2,2-10H3,(H-,38,39,40,41)/p+1. The van der Waals surface area contributed by atoms with E-state index in [4.69, 9.17) is 9.98 Å². The minimum atomic E-state index is -0.216. The molecule has 0 amide bonds. The van der Waals surface area contributed by atoms with Gasteiger partial charge in [0.25, 0.3) is 0 Å². The lowest BCUT2D eigenvalue weighted by atomic mass is 9.79. The van der Waals surface area contributed by atoms with E-state index in [0.717, 1.165) is 42.4 Å². The number of rotatable bonds is 8. The van der Waals surface area contributed by atoms with Crippen molar-refractivity contribution in [3.05, 3.63) is 88.8 Å². The molecule has 4 nitrogen and oxygen atoms in total. The van der Waals surface area contributed by atoms with E-state index in [1.165, 1.54) is 5.56 Å². The Labute approximate surface area is 248 Å². The Bertz CT molecular complexity index is 1410. The van der Waals surface area contributed by atoms with E-state index in [9.17, 15) is 10.2 Å². The van der Waals surface area contributed by atoms with Crippen molar-refractivity contribution in [2.45, 2.75) is 104 Å². The van der Waals surface area contributed by atoms with Gasteiger partial charge in [0.1, 0.15) is 11.5 Å². The molecule has 0 saturated heterocycles. The number of para-hydroxylation sites is 2. The van der Waals surface area contributed by atoms with Crippen molar-refractivity contribution >= 4 is 23.8 Å². The number of nitrogens with zero attached hydrogens (tertiary/aromatic N) is 2. The third-order valence-electron chi connectivity index (χ3n) is 7.35. The average Bonchev–Trinajstić information content (AvgIpc) is 2.86. The van der Waals surface area contributed by atoms with Crippen LogP contribution in [0.4, 0.5) is 11.4 Å². The molecule has 3 aromatic rings. The first-order chi connectivity index (χ1) is 19.0. The summed E-state index contributed by atoms with van der Waals surface area (Å²) >= 11 is 0. The molecule has 2 N–H and O–H groups in total. The Morgan fingerprint density at radius 1 is 0.659 bits per heavy atom. The second-order valence-corrected chi connectivity index (χ2v) is 14.1. The van der Waals surface area contributed by atoms with Gasteiger partial charge in [0.15, 0.2) is 0 Å². The zero-order valence-electron chi connectivity index (χ0n) is 26.6. The lowest BCUT2D eigenvalue weighted by molar-refractivity contribution is 0.443. The highest BCUT2D eigenvalue weighted by atomic mass is 16.3. The van der Waals surface area contributed by atoms with Gasteiger partial charge < -0.3 is 10.2 Å². The smallest absolute Gasteiger partial charge is 0.128 e. The van der Waals surface area contributed by atoms with Crippen molar-refractivity contribution in [2.75, 3.05) is 0 Å². The van der Waals surface area contributed by atoms with Crippen molar-refractivity contribution in [3.8, 4) is 11.5 Å². The molecular formula is C37H49N2O2+. The highest BCUT2D eigenvalue weighted by molar-refractivity contribution is 5.90. The number of aryl methyl sites for hydroxylation is 1. The van der Waals surface area contributed by atoms with Gasteiger partial charge in [-0.05, 0) is 70.9 Å². The summed E-state index contributed by atoms with van der Waals surface area (Å²) in [5.74, 6) is 0.521. The molecule has 0 bridgehead atoms. The number of aromatic hydroxyl groups is 2. The van der Waals surface area contributed by atoms with Crippen LogP contribution in [-0.2, 0) is 22.7 Å². The maximum atomic E-state index is 11.2. The summed E-state index contributed by atoms with van der Waals surface area (Å²) in [6.45, 7) is 23.1. The van der Waals surface area contributed by atoms with Crippen LogP contribution in [-0.4, -0.2) is 22.6 Å². The summed E-state index contributed by atoms with van der Waals surface area (Å²) < 4.78 is 0. The fraction of sp³-hybridized carbons (Fsp3) is 0.432. The lowest BCUT2D eigenvalue weighted by Gasteiger charge is -2.27. The van der Waals surface area contributed by atoms with Gasteiger partial charge in [0.2, 0.25) is 0 Å². The Hall–Kier alpha value is -3.53. The van der Waals surface area contributed by atoms with Gasteiger partial charge in [-0.15, -0.1) is 0 Å². The number of unbranched alkanes of at least 4 members (excludes halogenated alkanes) is 2. The molecule has 41 heavy (non-hydrogen) atoms. The first-order valence-electron chi connectivity index (χ1n) is 14.7.